The van der Waals surface area contributed by atoms with E-state index in [-0.39, 0.29) is 19.0 Å². The van der Waals surface area contributed by atoms with Crippen LogP contribution in [0.25, 0.3) is 0 Å². The van der Waals surface area contributed by atoms with Crippen molar-refractivity contribution < 1.29 is 14.7 Å². The van der Waals surface area contributed by atoms with Gasteiger partial charge in [-0.25, -0.2) is 0 Å². The van der Waals surface area contributed by atoms with Crippen molar-refractivity contribution in [3.05, 3.63) is 27.1 Å². The Kier molecular flexibility index (Phi) is 7.18. The van der Waals surface area contributed by atoms with E-state index in [4.69, 9.17) is 5.11 Å². The number of hydrogen-bond acceptors (Lipinski definition) is 3. The zero-order valence-corrected chi connectivity index (χ0v) is 14.2. The summed E-state index contributed by atoms with van der Waals surface area (Å²) in [5.74, 6) is -1.17. The first-order valence-corrected chi connectivity index (χ1v) is 7.70. The Bertz CT molecular complexity index is 495. The molecule has 0 bridgehead atoms. The molecule has 1 amide bonds. The van der Waals surface area contributed by atoms with Gasteiger partial charge in [-0.1, -0.05) is 22.9 Å². The van der Waals surface area contributed by atoms with Crippen molar-refractivity contribution in [2.75, 3.05) is 25.0 Å². The van der Waals surface area contributed by atoms with E-state index in [0.29, 0.717) is 12.2 Å². The highest BCUT2D eigenvalue weighted by Gasteiger charge is 2.14. The van der Waals surface area contributed by atoms with Gasteiger partial charge in [0.1, 0.15) is 0 Å². The standard InChI is InChI=1S/C13H16Br2N2O3/c1-2-5-17(8-13(19)20)7-12(18)16-11-4-3-9(14)6-10(11)15/h3-4,6H,2,5,7-8H2,1H3,(H,16,18)(H,19,20). The molecule has 0 saturated carbocycles. The van der Waals surface area contributed by atoms with Crippen LogP contribution in [0.1, 0.15) is 13.3 Å². The molecule has 0 fully saturated rings. The molecule has 0 unspecified atom stereocenters. The van der Waals surface area contributed by atoms with E-state index in [1.54, 1.807) is 11.0 Å². The third-order valence-electron chi connectivity index (χ3n) is 2.47. The first-order valence-electron chi connectivity index (χ1n) is 6.11. The molecule has 0 radical (unpaired) electrons. The number of nitrogens with zero attached hydrogens (tertiary/aromatic N) is 1. The molecule has 2 N–H and O–H groups in total. The summed E-state index contributed by atoms with van der Waals surface area (Å²) in [7, 11) is 0. The highest BCUT2D eigenvalue weighted by molar-refractivity contribution is 9.11. The van der Waals surface area contributed by atoms with Gasteiger partial charge in [-0.15, -0.1) is 0 Å². The van der Waals surface area contributed by atoms with Crippen molar-refractivity contribution in [1.29, 1.82) is 0 Å². The van der Waals surface area contributed by atoms with Crippen molar-refractivity contribution in [2.24, 2.45) is 0 Å². The molecule has 0 aliphatic heterocycles. The smallest absolute Gasteiger partial charge is 0.317 e. The molecule has 110 valence electrons. The summed E-state index contributed by atoms with van der Waals surface area (Å²) in [5, 5.41) is 11.6. The lowest BCUT2D eigenvalue weighted by Crippen LogP contribution is -2.37. The van der Waals surface area contributed by atoms with Crippen molar-refractivity contribution in [1.82, 2.24) is 4.90 Å². The number of aliphatic carboxylic acids is 1. The summed E-state index contributed by atoms with van der Waals surface area (Å²) in [4.78, 5) is 24.3. The molecule has 7 heteroatoms. The molecule has 1 aromatic rings. The van der Waals surface area contributed by atoms with Crippen molar-refractivity contribution in [2.45, 2.75) is 13.3 Å². The van der Waals surface area contributed by atoms with E-state index in [2.05, 4.69) is 37.2 Å². The number of halogens is 2. The van der Waals surface area contributed by atoms with Crippen LogP contribution in [0.4, 0.5) is 5.69 Å². The van der Waals surface area contributed by atoms with Crippen LogP contribution in [0.15, 0.2) is 27.1 Å². The maximum Gasteiger partial charge on any atom is 0.317 e. The zero-order chi connectivity index (χ0) is 15.1. The second kappa shape index (κ2) is 8.39. The van der Waals surface area contributed by atoms with Crippen molar-refractivity contribution in [3.8, 4) is 0 Å². The number of benzene rings is 1. The van der Waals surface area contributed by atoms with E-state index in [0.717, 1.165) is 15.4 Å². The van der Waals surface area contributed by atoms with E-state index >= 15 is 0 Å². The van der Waals surface area contributed by atoms with E-state index in [1.165, 1.54) is 0 Å². The number of hydrogen-bond donors (Lipinski definition) is 2. The fraction of sp³-hybridized carbons (Fsp3) is 0.385. The van der Waals surface area contributed by atoms with Crippen LogP contribution < -0.4 is 5.32 Å². The van der Waals surface area contributed by atoms with Gasteiger partial charge in [-0.3, -0.25) is 14.5 Å². The van der Waals surface area contributed by atoms with Crippen LogP contribution >= 0.6 is 31.9 Å². The number of carbonyl (C=O) groups excluding carboxylic acids is 1. The Hall–Kier alpha value is -0.920. The maximum atomic E-state index is 11.9. The Morgan fingerprint density at radius 1 is 1.30 bits per heavy atom. The summed E-state index contributed by atoms with van der Waals surface area (Å²) in [6.07, 6.45) is 0.794. The molecule has 0 saturated heterocycles. The van der Waals surface area contributed by atoms with E-state index < -0.39 is 5.97 Å². The van der Waals surface area contributed by atoms with Gasteiger partial charge in [-0.2, -0.15) is 0 Å². The van der Waals surface area contributed by atoms with E-state index in [1.807, 2.05) is 19.1 Å². The molecular weight excluding hydrogens is 392 g/mol. The Morgan fingerprint density at radius 3 is 2.55 bits per heavy atom. The third kappa shape index (κ3) is 6.02. The summed E-state index contributed by atoms with van der Waals surface area (Å²) in [6, 6.07) is 5.42. The number of carbonyl (C=O) groups is 2. The molecule has 0 spiro atoms. The summed E-state index contributed by atoms with van der Waals surface area (Å²) in [6.45, 7) is 2.44. The van der Waals surface area contributed by atoms with Crippen molar-refractivity contribution >= 4 is 49.4 Å². The fourth-order valence-electron chi connectivity index (χ4n) is 1.71. The lowest BCUT2D eigenvalue weighted by Gasteiger charge is -2.19. The molecule has 5 nitrogen and oxygen atoms in total. The maximum absolute atomic E-state index is 11.9. The summed E-state index contributed by atoms with van der Waals surface area (Å²) >= 11 is 6.69. The predicted molar refractivity (Wildman–Crippen MR) is 84.8 cm³/mol. The average molecular weight is 408 g/mol. The predicted octanol–water partition coefficient (Wildman–Crippen LogP) is 2.95. The highest BCUT2D eigenvalue weighted by atomic mass is 79.9. The first kappa shape index (κ1) is 17.1. The largest absolute Gasteiger partial charge is 0.480 e. The quantitative estimate of drug-likeness (QED) is 0.728. The van der Waals surface area contributed by atoms with Gasteiger partial charge in [0.2, 0.25) is 5.91 Å². The first-order chi connectivity index (χ1) is 9.42. The molecule has 0 aliphatic rings. The Morgan fingerprint density at radius 2 is 2.00 bits per heavy atom. The van der Waals surface area contributed by atoms with Crippen LogP contribution in [0.2, 0.25) is 0 Å². The number of nitrogens with one attached hydrogen (secondary N) is 1. The fourth-order valence-corrected chi connectivity index (χ4v) is 2.85. The third-order valence-corrected chi connectivity index (χ3v) is 3.62. The topological polar surface area (TPSA) is 69.6 Å². The number of anilines is 1. The SMILES string of the molecule is CCCN(CC(=O)O)CC(=O)Nc1ccc(Br)cc1Br. The molecule has 1 rings (SSSR count). The highest BCUT2D eigenvalue weighted by Crippen LogP contribution is 2.26. The molecule has 0 heterocycles. The molecule has 1 aromatic carbocycles. The van der Waals surface area contributed by atoms with Crippen molar-refractivity contribution in [3.63, 3.8) is 0 Å². The van der Waals surface area contributed by atoms with Crippen LogP contribution in [-0.2, 0) is 9.59 Å². The molecule has 0 aliphatic carbocycles. The summed E-state index contributed by atoms with van der Waals surface area (Å²) < 4.78 is 1.67. The molecular formula is C13H16Br2N2O3. The molecule has 20 heavy (non-hydrogen) atoms. The minimum absolute atomic E-state index is 0.0582. The van der Waals surface area contributed by atoms with Gasteiger partial charge < -0.3 is 10.4 Å². The van der Waals surface area contributed by atoms with E-state index in [9.17, 15) is 9.59 Å². The van der Waals surface area contributed by atoms with Gasteiger partial charge in [0.05, 0.1) is 18.8 Å². The lowest BCUT2D eigenvalue weighted by molar-refractivity contribution is -0.138. The van der Waals surface area contributed by atoms with Gasteiger partial charge in [0.25, 0.3) is 0 Å². The lowest BCUT2D eigenvalue weighted by atomic mass is 10.3. The second-order valence-corrected chi connectivity index (χ2v) is 6.05. The van der Waals surface area contributed by atoms with Gasteiger partial charge >= 0.3 is 5.97 Å². The molecule has 0 aromatic heterocycles. The van der Waals surface area contributed by atoms with Crippen LogP contribution in [0.5, 0.6) is 0 Å². The number of carboxylic acids is 1. The monoisotopic (exact) mass is 406 g/mol. The minimum atomic E-state index is -0.934. The molecule has 0 atom stereocenters. The van der Waals surface area contributed by atoms with Gasteiger partial charge in [-0.05, 0) is 47.1 Å². The van der Waals surface area contributed by atoms with Crippen LogP contribution in [0.3, 0.4) is 0 Å². The van der Waals surface area contributed by atoms with Crippen LogP contribution in [-0.4, -0.2) is 41.5 Å². The Balaban J connectivity index is 2.62. The second-order valence-electron chi connectivity index (χ2n) is 4.28. The van der Waals surface area contributed by atoms with Gasteiger partial charge in [0.15, 0.2) is 0 Å². The zero-order valence-electron chi connectivity index (χ0n) is 11.0. The Labute approximate surface area is 134 Å². The number of amides is 1. The average Bonchev–Trinajstić information content (AvgIpc) is 2.32. The van der Waals surface area contributed by atoms with Crippen LogP contribution in [0, 0.1) is 0 Å². The number of carboxylic acid groups (broad SMARTS) is 1. The normalized spacial score (nSPS) is 10.6. The minimum Gasteiger partial charge on any atom is -0.480 e. The summed E-state index contributed by atoms with van der Waals surface area (Å²) in [5.41, 5.74) is 0.657. The van der Waals surface area contributed by atoms with Gasteiger partial charge in [0, 0.05) is 8.95 Å². The number of rotatable bonds is 7.